The molecule has 0 N–H and O–H groups in total. The molecule has 100 valence electrons. The van der Waals surface area contributed by atoms with Gasteiger partial charge in [-0.2, -0.15) is 0 Å². The summed E-state index contributed by atoms with van der Waals surface area (Å²) in [5.41, 5.74) is 0. The number of carboxylic acid groups (broad SMARTS) is 1. The molecule has 5 nitrogen and oxygen atoms in total. The van der Waals surface area contributed by atoms with Gasteiger partial charge >= 0.3 is 5.97 Å². The molecule has 0 fully saturated rings. The zero-order chi connectivity index (χ0) is 13.5. The van der Waals surface area contributed by atoms with Gasteiger partial charge in [-0.25, -0.2) is 0 Å². The van der Waals surface area contributed by atoms with Gasteiger partial charge in [0, 0.05) is 18.8 Å². The average Bonchev–Trinajstić information content (AvgIpc) is 2.10. The van der Waals surface area contributed by atoms with Crippen molar-refractivity contribution in [3.05, 3.63) is 0 Å². The van der Waals surface area contributed by atoms with Crippen molar-refractivity contribution in [1.29, 1.82) is 0 Å². The molecular weight excluding hydrogens is 222 g/mol. The van der Waals surface area contributed by atoms with Crippen molar-refractivity contribution in [2.45, 2.75) is 38.7 Å². The molecule has 0 aromatic rings. The highest BCUT2D eigenvalue weighted by molar-refractivity contribution is 5.70. The van der Waals surface area contributed by atoms with Crippen molar-refractivity contribution in [3.63, 3.8) is 0 Å². The molecule has 0 radical (unpaired) electrons. The van der Waals surface area contributed by atoms with Gasteiger partial charge in [-0.15, -0.1) is 0 Å². The Morgan fingerprint density at radius 2 is 1.88 bits per heavy atom. The number of rotatable bonds is 8. The summed E-state index contributed by atoms with van der Waals surface area (Å²) in [5, 5.41) is 10.6. The number of likely N-dealkylation sites (N-methyl/N-ethyl adjacent to an activating group) is 1. The fraction of sp³-hybridized carbons (Fsp3) is 0.833. The van der Waals surface area contributed by atoms with Crippen molar-refractivity contribution in [2.24, 2.45) is 0 Å². The zero-order valence-corrected chi connectivity index (χ0v) is 11.2. The minimum atomic E-state index is -1.19. The van der Waals surface area contributed by atoms with E-state index in [-0.39, 0.29) is 12.4 Å². The van der Waals surface area contributed by atoms with E-state index in [1.54, 1.807) is 0 Å². The van der Waals surface area contributed by atoms with Gasteiger partial charge < -0.3 is 19.1 Å². The van der Waals surface area contributed by atoms with E-state index in [0.29, 0.717) is 17.4 Å². The number of esters is 1. The number of unbranched alkanes of at least 4 members (excludes halogenated alkanes) is 1. The van der Waals surface area contributed by atoms with Crippen molar-refractivity contribution >= 4 is 11.9 Å². The van der Waals surface area contributed by atoms with Crippen LogP contribution in [-0.4, -0.2) is 50.2 Å². The molecule has 0 spiro atoms. The molecule has 0 rings (SSSR count). The third-order valence-electron chi connectivity index (χ3n) is 2.18. The number of nitrogens with zero attached hydrogens (tertiary/aromatic N) is 1. The van der Waals surface area contributed by atoms with Crippen LogP contribution in [-0.2, 0) is 14.3 Å². The molecular formula is C12H23NO4. The van der Waals surface area contributed by atoms with E-state index in [1.165, 1.54) is 0 Å². The van der Waals surface area contributed by atoms with Crippen LogP contribution in [0, 0.1) is 0 Å². The van der Waals surface area contributed by atoms with Gasteiger partial charge in [0.1, 0.15) is 6.54 Å². The first kappa shape index (κ1) is 15.9. The molecule has 0 aromatic carbocycles. The van der Waals surface area contributed by atoms with Crippen LogP contribution in [0.3, 0.4) is 0 Å². The predicted molar refractivity (Wildman–Crippen MR) is 61.9 cm³/mol. The summed E-state index contributed by atoms with van der Waals surface area (Å²) in [6.45, 7) is 2.45. The van der Waals surface area contributed by atoms with Crippen molar-refractivity contribution in [3.8, 4) is 0 Å². The number of hydrogen-bond donors (Lipinski definition) is 0. The number of ether oxygens (including phenoxy) is 1. The maximum Gasteiger partial charge on any atom is 0.306 e. The Bertz CT molecular complexity index is 258. The first-order valence-electron chi connectivity index (χ1n) is 5.94. The number of hydrogen-bond acceptors (Lipinski definition) is 4. The summed E-state index contributed by atoms with van der Waals surface area (Å²) in [5.74, 6) is -1.52. The summed E-state index contributed by atoms with van der Waals surface area (Å²) in [7, 11) is 5.76. The second-order valence-corrected chi connectivity index (χ2v) is 5.26. The second kappa shape index (κ2) is 7.27. The Balaban J connectivity index is 4.28. The third kappa shape index (κ3) is 9.81. The molecule has 0 unspecified atom stereocenters. The number of carboxylic acids is 1. The lowest BCUT2D eigenvalue weighted by Crippen LogP contribution is -2.45. The standard InChI is InChI=1S/C12H23NO4/c1-5-6-7-12(16)17-10(8-11(14)15)9-13(2,3)4/h10H,5-9H2,1-4H3/t10-/m0/s1. The quantitative estimate of drug-likeness (QED) is 0.443. The van der Waals surface area contributed by atoms with Crippen molar-refractivity contribution in [2.75, 3.05) is 27.7 Å². The second-order valence-electron chi connectivity index (χ2n) is 5.26. The highest BCUT2D eigenvalue weighted by Gasteiger charge is 2.22. The molecule has 17 heavy (non-hydrogen) atoms. The lowest BCUT2D eigenvalue weighted by atomic mass is 10.2. The largest absolute Gasteiger partial charge is 0.550 e. The van der Waals surface area contributed by atoms with E-state index in [1.807, 2.05) is 28.1 Å². The van der Waals surface area contributed by atoms with E-state index >= 15 is 0 Å². The molecule has 0 aromatic heterocycles. The number of aliphatic carboxylic acids is 1. The van der Waals surface area contributed by atoms with Gasteiger partial charge in [0.25, 0.3) is 0 Å². The SMILES string of the molecule is CCCCC(=O)O[C@@H](CC(=O)[O-])C[N+](C)(C)C. The smallest absolute Gasteiger partial charge is 0.306 e. The Morgan fingerprint density at radius 3 is 2.29 bits per heavy atom. The minimum absolute atomic E-state index is 0.243. The molecule has 0 heterocycles. The van der Waals surface area contributed by atoms with Gasteiger partial charge in [-0.05, 0) is 6.42 Å². The maximum atomic E-state index is 11.4. The predicted octanol–water partition coefficient (Wildman–Crippen LogP) is -0.0654. The number of carbonyl (C=O) groups is 2. The van der Waals surface area contributed by atoms with Crippen LogP contribution in [0.25, 0.3) is 0 Å². The molecule has 0 saturated heterocycles. The zero-order valence-electron chi connectivity index (χ0n) is 11.2. The fourth-order valence-electron chi connectivity index (χ4n) is 1.51. The van der Waals surface area contributed by atoms with E-state index in [9.17, 15) is 14.7 Å². The Morgan fingerprint density at radius 1 is 1.29 bits per heavy atom. The highest BCUT2D eigenvalue weighted by atomic mass is 16.5. The highest BCUT2D eigenvalue weighted by Crippen LogP contribution is 2.07. The van der Waals surface area contributed by atoms with E-state index in [2.05, 4.69) is 0 Å². The van der Waals surface area contributed by atoms with Crippen LogP contribution in [0.2, 0.25) is 0 Å². The molecule has 1 atom stereocenters. The van der Waals surface area contributed by atoms with E-state index in [4.69, 9.17) is 4.74 Å². The van der Waals surface area contributed by atoms with Crippen LogP contribution in [0.4, 0.5) is 0 Å². The number of carbonyl (C=O) groups excluding carboxylic acids is 2. The van der Waals surface area contributed by atoms with Gasteiger partial charge in [0.05, 0.1) is 21.1 Å². The van der Waals surface area contributed by atoms with Crippen LogP contribution >= 0.6 is 0 Å². The molecule has 0 aliphatic heterocycles. The van der Waals surface area contributed by atoms with Crippen LogP contribution in [0.5, 0.6) is 0 Å². The summed E-state index contributed by atoms with van der Waals surface area (Å²) in [6.07, 6.45) is 1.17. The molecule has 0 amide bonds. The van der Waals surface area contributed by atoms with Gasteiger partial charge in [0.15, 0.2) is 6.10 Å². The summed E-state index contributed by atoms with van der Waals surface area (Å²) in [6, 6.07) is 0. The molecule has 0 aliphatic rings. The number of quaternary nitrogens is 1. The van der Waals surface area contributed by atoms with Gasteiger partial charge in [-0.1, -0.05) is 13.3 Å². The molecule has 0 aliphatic carbocycles. The molecule has 0 saturated carbocycles. The lowest BCUT2D eigenvalue weighted by molar-refractivity contribution is -0.873. The summed E-state index contributed by atoms with van der Waals surface area (Å²) < 4.78 is 5.70. The van der Waals surface area contributed by atoms with Gasteiger partial charge in [0.2, 0.25) is 0 Å². The fourth-order valence-corrected chi connectivity index (χ4v) is 1.51. The topological polar surface area (TPSA) is 66.4 Å². The van der Waals surface area contributed by atoms with Crippen molar-refractivity contribution < 1.29 is 23.9 Å². The maximum absolute atomic E-state index is 11.4. The third-order valence-corrected chi connectivity index (χ3v) is 2.18. The van der Waals surface area contributed by atoms with Crippen LogP contribution in [0.1, 0.15) is 32.6 Å². The molecule has 5 heteroatoms. The Hall–Kier alpha value is -1.10. The normalized spacial score (nSPS) is 13.2. The van der Waals surface area contributed by atoms with E-state index < -0.39 is 12.1 Å². The van der Waals surface area contributed by atoms with Crippen LogP contribution < -0.4 is 5.11 Å². The average molecular weight is 245 g/mol. The Kier molecular flexibility index (Phi) is 6.80. The van der Waals surface area contributed by atoms with Crippen molar-refractivity contribution in [1.82, 2.24) is 0 Å². The molecule has 0 bridgehead atoms. The van der Waals surface area contributed by atoms with Gasteiger partial charge in [-0.3, -0.25) is 4.79 Å². The lowest BCUT2D eigenvalue weighted by Gasteiger charge is -2.29. The first-order chi connectivity index (χ1) is 7.74. The monoisotopic (exact) mass is 245 g/mol. The van der Waals surface area contributed by atoms with E-state index in [0.717, 1.165) is 12.8 Å². The summed E-state index contributed by atoms with van der Waals surface area (Å²) in [4.78, 5) is 22.0. The summed E-state index contributed by atoms with van der Waals surface area (Å²) >= 11 is 0. The minimum Gasteiger partial charge on any atom is -0.550 e. The first-order valence-corrected chi connectivity index (χ1v) is 5.94. The van der Waals surface area contributed by atoms with Crippen LogP contribution in [0.15, 0.2) is 0 Å². The Labute approximate surface area is 103 Å².